The number of benzene rings is 1. The number of fused-ring (bicyclic) bond motifs is 1. The Morgan fingerprint density at radius 1 is 1.30 bits per heavy atom. The predicted octanol–water partition coefficient (Wildman–Crippen LogP) is 3.83. The molecule has 0 fully saturated rings. The van der Waals surface area contributed by atoms with E-state index in [-0.39, 0.29) is 5.91 Å². The van der Waals surface area contributed by atoms with Crippen LogP contribution in [0.1, 0.15) is 29.8 Å². The zero-order chi connectivity index (χ0) is 16.2. The van der Waals surface area contributed by atoms with Crippen molar-refractivity contribution in [2.75, 3.05) is 29.1 Å². The van der Waals surface area contributed by atoms with Crippen LogP contribution in [0.25, 0.3) is 0 Å². The lowest BCUT2D eigenvalue weighted by Gasteiger charge is -2.17. The van der Waals surface area contributed by atoms with E-state index in [1.165, 1.54) is 11.3 Å². The van der Waals surface area contributed by atoms with Crippen LogP contribution in [0.4, 0.5) is 11.4 Å². The largest absolute Gasteiger partial charge is 0.371 e. The fourth-order valence-electron chi connectivity index (χ4n) is 2.83. The van der Waals surface area contributed by atoms with Crippen molar-refractivity contribution in [1.82, 2.24) is 4.98 Å². The molecule has 0 bridgehead atoms. The third-order valence-electron chi connectivity index (χ3n) is 4.01. The van der Waals surface area contributed by atoms with Gasteiger partial charge in [0.1, 0.15) is 0 Å². The average Bonchev–Trinajstić information content (AvgIpc) is 2.98. The first-order valence-electron chi connectivity index (χ1n) is 7.99. The van der Waals surface area contributed by atoms with Crippen LogP contribution in [-0.4, -0.2) is 29.7 Å². The Hall–Kier alpha value is -2.01. The van der Waals surface area contributed by atoms with Crippen LogP contribution >= 0.6 is 11.8 Å². The van der Waals surface area contributed by atoms with Crippen LogP contribution in [0.2, 0.25) is 0 Å². The summed E-state index contributed by atoms with van der Waals surface area (Å²) in [6.07, 6.45) is 2.77. The van der Waals surface area contributed by atoms with Crippen molar-refractivity contribution in [1.29, 1.82) is 0 Å². The molecule has 1 aliphatic rings. The van der Waals surface area contributed by atoms with Gasteiger partial charge >= 0.3 is 0 Å². The minimum atomic E-state index is -0.0913. The Bertz CT molecular complexity index is 717. The van der Waals surface area contributed by atoms with Crippen LogP contribution in [0.5, 0.6) is 0 Å². The normalized spacial score (nSPS) is 13.0. The highest BCUT2D eigenvalue weighted by Crippen LogP contribution is 2.30. The number of hydrogen-bond acceptors (Lipinski definition) is 4. The molecule has 3 rings (SSSR count). The summed E-state index contributed by atoms with van der Waals surface area (Å²) in [7, 11) is 0. The molecule has 0 spiro atoms. The van der Waals surface area contributed by atoms with Gasteiger partial charge in [-0.05, 0) is 48.9 Å². The number of amides is 1. The Kier molecular flexibility index (Phi) is 4.86. The third-order valence-corrected chi connectivity index (χ3v) is 4.81. The summed E-state index contributed by atoms with van der Waals surface area (Å²) in [6, 6.07) is 9.77. The van der Waals surface area contributed by atoms with Gasteiger partial charge < -0.3 is 10.2 Å². The third kappa shape index (κ3) is 3.50. The maximum Gasteiger partial charge on any atom is 0.255 e. The molecule has 0 atom stereocenters. The van der Waals surface area contributed by atoms with Gasteiger partial charge in [-0.15, -0.1) is 11.8 Å². The van der Waals surface area contributed by atoms with Gasteiger partial charge in [-0.25, -0.2) is 4.98 Å². The van der Waals surface area contributed by atoms with Crippen molar-refractivity contribution in [3.05, 3.63) is 47.7 Å². The fourth-order valence-corrected chi connectivity index (χ4v) is 3.47. The van der Waals surface area contributed by atoms with Gasteiger partial charge in [0, 0.05) is 36.2 Å². The molecule has 1 N–H and O–H groups in total. The lowest BCUT2D eigenvalue weighted by molar-refractivity contribution is 0.102. The number of nitrogens with zero attached hydrogens (tertiary/aromatic N) is 2. The Morgan fingerprint density at radius 2 is 2.17 bits per heavy atom. The number of hydrogen-bond donors (Lipinski definition) is 1. The molecular weight excluding hydrogens is 306 g/mol. The van der Waals surface area contributed by atoms with Crippen molar-refractivity contribution < 1.29 is 4.79 Å². The maximum absolute atomic E-state index is 12.5. The van der Waals surface area contributed by atoms with Crippen molar-refractivity contribution in [3.63, 3.8) is 0 Å². The van der Waals surface area contributed by atoms with E-state index in [1.807, 2.05) is 12.1 Å². The first-order valence-corrected chi connectivity index (χ1v) is 8.98. The van der Waals surface area contributed by atoms with Gasteiger partial charge in [0.15, 0.2) is 0 Å². The Morgan fingerprint density at radius 3 is 2.96 bits per heavy atom. The number of likely N-dealkylation sites (N-methyl/N-ethyl adjacent to an activating group) is 1. The summed E-state index contributed by atoms with van der Waals surface area (Å²) in [5, 5.41) is 3.88. The predicted molar refractivity (Wildman–Crippen MR) is 96.6 cm³/mol. The molecule has 1 aromatic heterocycles. The summed E-state index contributed by atoms with van der Waals surface area (Å²) in [5.41, 5.74) is 4.08. The zero-order valence-electron chi connectivity index (χ0n) is 13.5. The lowest BCUT2D eigenvalue weighted by atomic mass is 10.1. The van der Waals surface area contributed by atoms with Crippen molar-refractivity contribution in [2.45, 2.75) is 25.3 Å². The van der Waals surface area contributed by atoms with Gasteiger partial charge in [-0.1, -0.05) is 13.0 Å². The SMILES string of the molecule is CCSc1cc(C(=O)Nc2ccc3c(c2)N(CC)CC3)ccn1. The first kappa shape index (κ1) is 15.9. The molecule has 1 amide bonds. The minimum absolute atomic E-state index is 0.0913. The van der Waals surface area contributed by atoms with Crippen LogP contribution in [-0.2, 0) is 6.42 Å². The summed E-state index contributed by atoms with van der Waals surface area (Å²) >= 11 is 1.63. The zero-order valence-corrected chi connectivity index (χ0v) is 14.3. The van der Waals surface area contributed by atoms with E-state index in [2.05, 4.69) is 41.2 Å². The summed E-state index contributed by atoms with van der Waals surface area (Å²) < 4.78 is 0. The number of rotatable bonds is 5. The monoisotopic (exact) mass is 327 g/mol. The number of pyridine rings is 1. The molecule has 1 aromatic carbocycles. The van der Waals surface area contributed by atoms with E-state index >= 15 is 0 Å². The average molecular weight is 327 g/mol. The van der Waals surface area contributed by atoms with Gasteiger partial charge in [-0.2, -0.15) is 0 Å². The van der Waals surface area contributed by atoms with Crippen LogP contribution in [0.15, 0.2) is 41.6 Å². The molecule has 0 saturated heterocycles. The fraction of sp³-hybridized carbons (Fsp3) is 0.333. The van der Waals surface area contributed by atoms with Crippen molar-refractivity contribution in [3.8, 4) is 0 Å². The molecule has 4 nitrogen and oxygen atoms in total. The highest BCUT2D eigenvalue weighted by atomic mass is 32.2. The number of thioether (sulfide) groups is 1. The number of nitrogens with one attached hydrogen (secondary N) is 1. The van der Waals surface area contributed by atoms with Crippen molar-refractivity contribution in [2.24, 2.45) is 0 Å². The lowest BCUT2D eigenvalue weighted by Crippen LogP contribution is -2.19. The number of aromatic nitrogens is 1. The van der Waals surface area contributed by atoms with E-state index < -0.39 is 0 Å². The Labute approximate surface area is 141 Å². The van der Waals surface area contributed by atoms with E-state index in [1.54, 1.807) is 24.0 Å². The number of carbonyl (C=O) groups is 1. The van der Waals surface area contributed by atoms with E-state index in [0.717, 1.165) is 36.0 Å². The molecule has 0 saturated carbocycles. The van der Waals surface area contributed by atoms with Crippen molar-refractivity contribution >= 4 is 29.0 Å². The number of carbonyl (C=O) groups excluding carboxylic acids is 1. The van der Waals surface area contributed by atoms with E-state index in [9.17, 15) is 4.79 Å². The molecule has 120 valence electrons. The van der Waals surface area contributed by atoms with Crippen LogP contribution in [0.3, 0.4) is 0 Å². The molecule has 0 unspecified atom stereocenters. The summed E-state index contributed by atoms with van der Waals surface area (Å²) in [6.45, 7) is 6.28. The molecule has 1 aliphatic heterocycles. The standard InChI is InChI=1S/C18H21N3OS/c1-3-21-10-8-13-5-6-15(12-16(13)21)20-18(22)14-7-9-19-17(11-14)23-4-2/h5-7,9,11-12H,3-4,8,10H2,1-2H3,(H,20,22). The smallest absolute Gasteiger partial charge is 0.255 e. The molecular formula is C18H21N3OS. The maximum atomic E-state index is 12.5. The van der Waals surface area contributed by atoms with Crippen LogP contribution < -0.4 is 10.2 Å². The topological polar surface area (TPSA) is 45.2 Å². The Balaban J connectivity index is 1.77. The quantitative estimate of drug-likeness (QED) is 0.848. The summed E-state index contributed by atoms with van der Waals surface area (Å²) in [4.78, 5) is 19.1. The van der Waals surface area contributed by atoms with Crippen LogP contribution in [0, 0.1) is 0 Å². The molecule has 2 heterocycles. The highest BCUT2D eigenvalue weighted by Gasteiger charge is 2.18. The van der Waals surface area contributed by atoms with E-state index in [4.69, 9.17) is 0 Å². The highest BCUT2D eigenvalue weighted by molar-refractivity contribution is 7.99. The second-order valence-corrected chi connectivity index (χ2v) is 6.73. The molecule has 0 aliphatic carbocycles. The molecule has 5 heteroatoms. The van der Waals surface area contributed by atoms with Gasteiger partial charge in [0.25, 0.3) is 5.91 Å². The minimum Gasteiger partial charge on any atom is -0.371 e. The second-order valence-electron chi connectivity index (χ2n) is 5.44. The summed E-state index contributed by atoms with van der Waals surface area (Å²) in [5.74, 6) is 0.849. The molecule has 0 radical (unpaired) electrons. The van der Waals surface area contributed by atoms with Gasteiger partial charge in [0.2, 0.25) is 0 Å². The van der Waals surface area contributed by atoms with E-state index in [0.29, 0.717) is 5.56 Å². The van der Waals surface area contributed by atoms with Gasteiger partial charge in [-0.3, -0.25) is 4.79 Å². The van der Waals surface area contributed by atoms with Gasteiger partial charge in [0.05, 0.1) is 5.03 Å². The first-order chi connectivity index (χ1) is 11.2. The number of anilines is 2. The molecule has 23 heavy (non-hydrogen) atoms. The second kappa shape index (κ2) is 7.04. The molecule has 2 aromatic rings.